The molecule has 0 spiro atoms. The largest absolute Gasteiger partial charge is 0.381 e. The monoisotopic (exact) mass is 311 g/mol. The molecule has 0 bridgehead atoms. The van der Waals surface area contributed by atoms with Crippen LogP contribution in [0.4, 0.5) is 0 Å². The van der Waals surface area contributed by atoms with Crippen LogP contribution in [0.1, 0.15) is 18.4 Å². The van der Waals surface area contributed by atoms with Gasteiger partial charge in [-0.25, -0.2) is 0 Å². The van der Waals surface area contributed by atoms with E-state index in [9.17, 15) is 0 Å². The van der Waals surface area contributed by atoms with Gasteiger partial charge in [-0.2, -0.15) is 0 Å². The number of benzene rings is 1. The molecule has 2 rings (SSSR count). The van der Waals surface area contributed by atoms with Crippen LogP contribution in [0.5, 0.6) is 0 Å². The highest BCUT2D eigenvalue weighted by Gasteiger charge is 2.21. The average Bonchev–Trinajstić information content (AvgIpc) is 3.16. The molecule has 0 heterocycles. The fraction of sp³-hybridized carbons (Fsp3) is 0.600. The predicted octanol–water partition coefficient (Wildman–Crippen LogP) is 3.25. The summed E-state index contributed by atoms with van der Waals surface area (Å²) in [6.07, 6.45) is 3.81. The van der Waals surface area contributed by atoms with E-state index in [1.807, 2.05) is 7.05 Å². The zero-order valence-corrected chi connectivity index (χ0v) is 12.6. The minimum atomic E-state index is 0.565. The molecule has 1 saturated carbocycles. The fourth-order valence-corrected chi connectivity index (χ4v) is 2.38. The van der Waals surface area contributed by atoms with E-state index in [0.717, 1.165) is 36.6 Å². The molecule has 2 nitrogen and oxygen atoms in total. The molecule has 1 unspecified atom stereocenters. The minimum absolute atomic E-state index is 0.565. The van der Waals surface area contributed by atoms with Crippen molar-refractivity contribution in [2.75, 3.05) is 26.8 Å². The molecule has 1 fully saturated rings. The molecular formula is C15H22BrNO. The fourth-order valence-electron chi connectivity index (χ4n) is 2.12. The van der Waals surface area contributed by atoms with Crippen LogP contribution in [0.2, 0.25) is 0 Å². The second kappa shape index (κ2) is 7.27. The Balaban J connectivity index is 1.78. The van der Waals surface area contributed by atoms with Crippen LogP contribution < -0.4 is 5.32 Å². The molecule has 1 N–H and O–H groups in total. The Kier molecular flexibility index (Phi) is 5.67. The number of rotatable bonds is 8. The summed E-state index contributed by atoms with van der Waals surface area (Å²) >= 11 is 3.47. The summed E-state index contributed by atoms with van der Waals surface area (Å²) in [7, 11) is 2.01. The first-order valence-corrected chi connectivity index (χ1v) is 7.54. The second-order valence-electron chi connectivity index (χ2n) is 5.24. The van der Waals surface area contributed by atoms with Crippen molar-refractivity contribution in [1.29, 1.82) is 0 Å². The van der Waals surface area contributed by atoms with Crippen molar-refractivity contribution >= 4 is 15.9 Å². The van der Waals surface area contributed by atoms with Gasteiger partial charge < -0.3 is 10.1 Å². The van der Waals surface area contributed by atoms with Crippen LogP contribution in [0.15, 0.2) is 28.7 Å². The summed E-state index contributed by atoms with van der Waals surface area (Å²) in [6.45, 7) is 2.84. The average molecular weight is 312 g/mol. The van der Waals surface area contributed by atoms with Crippen LogP contribution in [0, 0.1) is 11.8 Å². The summed E-state index contributed by atoms with van der Waals surface area (Å²) < 4.78 is 6.96. The molecule has 1 atom stereocenters. The lowest BCUT2D eigenvalue weighted by Gasteiger charge is -2.17. The number of hydrogen-bond donors (Lipinski definition) is 1. The molecule has 0 saturated heterocycles. The lowest BCUT2D eigenvalue weighted by molar-refractivity contribution is 0.0913. The van der Waals surface area contributed by atoms with Gasteiger partial charge in [-0.15, -0.1) is 0 Å². The van der Waals surface area contributed by atoms with Gasteiger partial charge in [0.2, 0.25) is 0 Å². The van der Waals surface area contributed by atoms with Crippen molar-refractivity contribution in [2.24, 2.45) is 11.8 Å². The van der Waals surface area contributed by atoms with E-state index in [0.29, 0.717) is 5.92 Å². The molecule has 0 aromatic heterocycles. The third-order valence-electron chi connectivity index (χ3n) is 3.33. The van der Waals surface area contributed by atoms with E-state index in [1.165, 1.54) is 18.4 Å². The van der Waals surface area contributed by atoms with Crippen LogP contribution >= 0.6 is 15.9 Å². The van der Waals surface area contributed by atoms with Gasteiger partial charge in [-0.3, -0.25) is 0 Å². The van der Waals surface area contributed by atoms with Gasteiger partial charge in [-0.1, -0.05) is 28.1 Å². The zero-order valence-electron chi connectivity index (χ0n) is 11.0. The summed E-state index contributed by atoms with van der Waals surface area (Å²) in [5.41, 5.74) is 1.38. The van der Waals surface area contributed by atoms with E-state index in [1.54, 1.807) is 0 Å². The number of ether oxygens (including phenoxy) is 1. The van der Waals surface area contributed by atoms with E-state index in [4.69, 9.17) is 4.74 Å². The van der Waals surface area contributed by atoms with Crippen molar-refractivity contribution in [3.05, 3.63) is 34.3 Å². The summed E-state index contributed by atoms with van der Waals surface area (Å²) in [4.78, 5) is 0. The van der Waals surface area contributed by atoms with Crippen molar-refractivity contribution in [1.82, 2.24) is 5.32 Å². The van der Waals surface area contributed by atoms with Crippen LogP contribution in [-0.2, 0) is 11.2 Å². The SMILES string of the molecule is CNCC(COCC1CC1)Cc1ccc(Br)cc1. The molecule has 3 heteroatoms. The van der Waals surface area contributed by atoms with Gasteiger partial charge in [0, 0.05) is 17.6 Å². The summed E-state index contributed by atoms with van der Waals surface area (Å²) in [6, 6.07) is 8.59. The van der Waals surface area contributed by atoms with Gasteiger partial charge in [0.25, 0.3) is 0 Å². The van der Waals surface area contributed by atoms with Crippen LogP contribution in [-0.4, -0.2) is 26.8 Å². The molecule has 1 aliphatic carbocycles. The predicted molar refractivity (Wildman–Crippen MR) is 78.8 cm³/mol. The molecular weight excluding hydrogens is 290 g/mol. The first kappa shape index (κ1) is 14.0. The number of nitrogens with one attached hydrogen (secondary N) is 1. The van der Waals surface area contributed by atoms with Crippen LogP contribution in [0.3, 0.4) is 0 Å². The topological polar surface area (TPSA) is 21.3 Å². The van der Waals surface area contributed by atoms with Gasteiger partial charge in [0.15, 0.2) is 0 Å². The normalized spacial score (nSPS) is 16.8. The Labute approximate surface area is 118 Å². The van der Waals surface area contributed by atoms with E-state index in [-0.39, 0.29) is 0 Å². The highest BCUT2D eigenvalue weighted by atomic mass is 79.9. The van der Waals surface area contributed by atoms with Crippen molar-refractivity contribution < 1.29 is 4.74 Å². The Morgan fingerprint density at radius 1 is 1.33 bits per heavy atom. The van der Waals surface area contributed by atoms with Crippen molar-refractivity contribution in [3.8, 4) is 0 Å². The third kappa shape index (κ3) is 5.09. The Morgan fingerprint density at radius 3 is 2.67 bits per heavy atom. The Bertz CT molecular complexity index is 348. The molecule has 100 valence electrons. The molecule has 0 amide bonds. The Morgan fingerprint density at radius 2 is 2.06 bits per heavy atom. The highest BCUT2D eigenvalue weighted by molar-refractivity contribution is 9.10. The van der Waals surface area contributed by atoms with Crippen LogP contribution in [0.25, 0.3) is 0 Å². The maximum Gasteiger partial charge on any atom is 0.0509 e. The van der Waals surface area contributed by atoms with Gasteiger partial charge >= 0.3 is 0 Å². The number of hydrogen-bond acceptors (Lipinski definition) is 2. The standard InChI is InChI=1S/C15H22BrNO/c1-17-9-14(11-18-10-13-2-3-13)8-12-4-6-15(16)7-5-12/h4-7,13-14,17H,2-3,8-11H2,1H3. The molecule has 1 aromatic rings. The second-order valence-corrected chi connectivity index (χ2v) is 6.15. The van der Waals surface area contributed by atoms with Crippen molar-refractivity contribution in [3.63, 3.8) is 0 Å². The first-order chi connectivity index (χ1) is 8.78. The highest BCUT2D eigenvalue weighted by Crippen LogP contribution is 2.29. The van der Waals surface area contributed by atoms with Gasteiger partial charge in [0.1, 0.15) is 0 Å². The first-order valence-electron chi connectivity index (χ1n) is 6.74. The smallest absolute Gasteiger partial charge is 0.0509 e. The lowest BCUT2D eigenvalue weighted by atomic mass is 10.00. The van der Waals surface area contributed by atoms with Crippen molar-refractivity contribution in [2.45, 2.75) is 19.3 Å². The number of halogens is 1. The maximum atomic E-state index is 5.82. The maximum absolute atomic E-state index is 5.82. The summed E-state index contributed by atoms with van der Waals surface area (Å²) in [5.74, 6) is 1.42. The zero-order chi connectivity index (χ0) is 12.8. The minimum Gasteiger partial charge on any atom is -0.381 e. The van der Waals surface area contributed by atoms with Gasteiger partial charge in [0.05, 0.1) is 6.61 Å². The molecule has 18 heavy (non-hydrogen) atoms. The van der Waals surface area contributed by atoms with E-state index < -0.39 is 0 Å². The molecule has 1 aromatic carbocycles. The van der Waals surface area contributed by atoms with E-state index in [2.05, 4.69) is 45.5 Å². The van der Waals surface area contributed by atoms with Gasteiger partial charge in [-0.05, 0) is 55.8 Å². The molecule has 0 radical (unpaired) electrons. The van der Waals surface area contributed by atoms with E-state index >= 15 is 0 Å². The lowest BCUT2D eigenvalue weighted by Crippen LogP contribution is -2.25. The summed E-state index contributed by atoms with van der Waals surface area (Å²) in [5, 5.41) is 3.26. The molecule has 1 aliphatic rings. The molecule has 0 aliphatic heterocycles. The Hall–Kier alpha value is -0.380. The third-order valence-corrected chi connectivity index (χ3v) is 3.86. The quantitative estimate of drug-likeness (QED) is 0.795.